The van der Waals surface area contributed by atoms with E-state index in [2.05, 4.69) is 27.7 Å². The minimum Gasteiger partial charge on any atom is -0.268 e. The zero-order valence-corrected chi connectivity index (χ0v) is 8.15. The van der Waals surface area contributed by atoms with Crippen LogP contribution < -0.4 is 5.84 Å². The molecule has 1 saturated heterocycles. The van der Waals surface area contributed by atoms with E-state index < -0.39 is 0 Å². The summed E-state index contributed by atoms with van der Waals surface area (Å²) in [5.41, 5.74) is 0.491. The van der Waals surface area contributed by atoms with Gasteiger partial charge in [-0.2, -0.15) is 0 Å². The molecule has 0 aromatic heterocycles. The third-order valence-electron chi connectivity index (χ3n) is 3.58. The number of hydrazine groups is 1. The SMILES string of the molecule is CC1(C)CCCN(N)C1(C)C. The molecule has 2 N–H and O–H groups in total. The van der Waals surface area contributed by atoms with Gasteiger partial charge >= 0.3 is 0 Å². The average Bonchev–Trinajstić information content (AvgIpc) is 1.84. The van der Waals surface area contributed by atoms with Crippen LogP contribution in [0.15, 0.2) is 0 Å². The number of hydrogen-bond donors (Lipinski definition) is 1. The fraction of sp³-hybridized carbons (Fsp3) is 1.00. The lowest BCUT2D eigenvalue weighted by atomic mass is 9.69. The molecule has 0 aromatic carbocycles. The summed E-state index contributed by atoms with van der Waals surface area (Å²) in [6, 6.07) is 0. The minimum absolute atomic E-state index is 0.144. The minimum atomic E-state index is 0.144. The number of hydrogen-bond acceptors (Lipinski definition) is 2. The van der Waals surface area contributed by atoms with Crippen molar-refractivity contribution in [1.82, 2.24) is 5.01 Å². The summed E-state index contributed by atoms with van der Waals surface area (Å²) in [6.45, 7) is 10.1. The fourth-order valence-corrected chi connectivity index (χ4v) is 1.67. The Bertz CT molecular complexity index is 150. The largest absolute Gasteiger partial charge is 0.268 e. The normalized spacial score (nSPS) is 30.3. The highest BCUT2D eigenvalue weighted by molar-refractivity contribution is 4.96. The Kier molecular flexibility index (Phi) is 2.01. The first-order valence-electron chi connectivity index (χ1n) is 4.40. The van der Waals surface area contributed by atoms with E-state index >= 15 is 0 Å². The molecule has 0 spiro atoms. The second kappa shape index (κ2) is 2.46. The molecule has 0 saturated carbocycles. The smallest absolute Gasteiger partial charge is 0.0346 e. The van der Waals surface area contributed by atoms with Gasteiger partial charge in [0.1, 0.15) is 0 Å². The van der Waals surface area contributed by atoms with Crippen molar-refractivity contribution in [2.45, 2.75) is 46.1 Å². The van der Waals surface area contributed by atoms with Gasteiger partial charge in [-0.25, -0.2) is 5.01 Å². The van der Waals surface area contributed by atoms with E-state index in [1.165, 1.54) is 12.8 Å². The summed E-state index contributed by atoms with van der Waals surface area (Å²) < 4.78 is 0. The maximum absolute atomic E-state index is 5.92. The second-order valence-electron chi connectivity index (χ2n) is 4.74. The van der Waals surface area contributed by atoms with Gasteiger partial charge in [0.15, 0.2) is 0 Å². The molecule has 0 bridgehead atoms. The standard InChI is InChI=1S/C9H20N2/c1-8(2)6-5-7-11(10)9(8,3)4/h5-7,10H2,1-4H3. The van der Waals surface area contributed by atoms with Crippen LogP contribution in [0.4, 0.5) is 0 Å². The van der Waals surface area contributed by atoms with Gasteiger partial charge in [0.05, 0.1) is 0 Å². The van der Waals surface area contributed by atoms with Crippen LogP contribution in [-0.2, 0) is 0 Å². The van der Waals surface area contributed by atoms with Gasteiger partial charge in [-0.15, -0.1) is 0 Å². The van der Waals surface area contributed by atoms with E-state index in [0.717, 1.165) is 6.54 Å². The zero-order chi connectivity index (χ0) is 8.70. The van der Waals surface area contributed by atoms with Crippen LogP contribution in [0.2, 0.25) is 0 Å². The van der Waals surface area contributed by atoms with Gasteiger partial charge in [0, 0.05) is 12.1 Å². The molecule has 2 nitrogen and oxygen atoms in total. The zero-order valence-electron chi connectivity index (χ0n) is 8.15. The van der Waals surface area contributed by atoms with Crippen LogP contribution in [-0.4, -0.2) is 17.1 Å². The predicted octanol–water partition coefficient (Wildman–Crippen LogP) is 1.76. The highest BCUT2D eigenvalue weighted by Crippen LogP contribution is 2.41. The molecule has 1 aliphatic rings. The predicted molar refractivity (Wildman–Crippen MR) is 48.0 cm³/mol. The molecule has 2 heteroatoms. The molecule has 0 unspecified atom stereocenters. The molecule has 0 aliphatic carbocycles. The molecule has 66 valence electrons. The van der Waals surface area contributed by atoms with Crippen LogP contribution in [0.3, 0.4) is 0 Å². The molecule has 0 radical (unpaired) electrons. The van der Waals surface area contributed by atoms with Crippen LogP contribution in [0, 0.1) is 5.41 Å². The van der Waals surface area contributed by atoms with Crippen molar-refractivity contribution in [3.8, 4) is 0 Å². The van der Waals surface area contributed by atoms with E-state index in [1.54, 1.807) is 0 Å². The second-order valence-corrected chi connectivity index (χ2v) is 4.74. The van der Waals surface area contributed by atoms with Crippen molar-refractivity contribution in [2.75, 3.05) is 6.54 Å². The van der Waals surface area contributed by atoms with E-state index in [1.807, 2.05) is 5.01 Å². The van der Waals surface area contributed by atoms with Crippen molar-refractivity contribution >= 4 is 0 Å². The highest BCUT2D eigenvalue weighted by Gasteiger charge is 2.42. The average molecular weight is 156 g/mol. The van der Waals surface area contributed by atoms with Gasteiger partial charge in [0.2, 0.25) is 0 Å². The number of piperidine rings is 1. The van der Waals surface area contributed by atoms with Crippen LogP contribution >= 0.6 is 0 Å². The van der Waals surface area contributed by atoms with E-state index in [4.69, 9.17) is 5.84 Å². The molecule has 0 amide bonds. The van der Waals surface area contributed by atoms with Crippen molar-refractivity contribution in [1.29, 1.82) is 0 Å². The van der Waals surface area contributed by atoms with Crippen molar-refractivity contribution in [3.05, 3.63) is 0 Å². The first-order chi connectivity index (χ1) is 4.88. The van der Waals surface area contributed by atoms with Gasteiger partial charge in [-0.1, -0.05) is 13.8 Å². The maximum Gasteiger partial charge on any atom is 0.0346 e. The fourth-order valence-electron chi connectivity index (χ4n) is 1.67. The van der Waals surface area contributed by atoms with Gasteiger partial charge in [0.25, 0.3) is 0 Å². The molecule has 1 rings (SSSR count). The highest BCUT2D eigenvalue weighted by atomic mass is 15.4. The number of rotatable bonds is 0. The Hall–Kier alpha value is -0.0800. The van der Waals surface area contributed by atoms with E-state index in [-0.39, 0.29) is 5.54 Å². The molecule has 1 fully saturated rings. The first-order valence-corrected chi connectivity index (χ1v) is 4.40. The summed E-state index contributed by atoms with van der Waals surface area (Å²) in [4.78, 5) is 0. The molecular weight excluding hydrogens is 136 g/mol. The summed E-state index contributed by atoms with van der Waals surface area (Å²) in [5.74, 6) is 5.92. The Morgan fingerprint density at radius 3 is 2.09 bits per heavy atom. The Labute approximate surface area is 69.7 Å². The Morgan fingerprint density at radius 2 is 1.73 bits per heavy atom. The summed E-state index contributed by atoms with van der Waals surface area (Å²) >= 11 is 0. The molecule has 0 aromatic rings. The summed E-state index contributed by atoms with van der Waals surface area (Å²) in [5, 5.41) is 1.98. The summed E-state index contributed by atoms with van der Waals surface area (Å²) in [7, 11) is 0. The third kappa shape index (κ3) is 1.30. The first kappa shape index (κ1) is 9.01. The molecule has 0 atom stereocenters. The molecular formula is C9H20N2. The van der Waals surface area contributed by atoms with E-state index in [0.29, 0.717) is 5.41 Å². The van der Waals surface area contributed by atoms with Crippen molar-refractivity contribution < 1.29 is 0 Å². The lowest BCUT2D eigenvalue weighted by molar-refractivity contribution is -0.0312. The molecule has 1 aliphatic heterocycles. The maximum atomic E-state index is 5.92. The lowest BCUT2D eigenvalue weighted by Crippen LogP contribution is -2.60. The Balaban J connectivity index is 2.82. The van der Waals surface area contributed by atoms with Crippen molar-refractivity contribution in [2.24, 2.45) is 11.3 Å². The third-order valence-corrected chi connectivity index (χ3v) is 3.58. The molecule has 11 heavy (non-hydrogen) atoms. The Morgan fingerprint density at radius 1 is 1.18 bits per heavy atom. The monoisotopic (exact) mass is 156 g/mol. The van der Waals surface area contributed by atoms with Gasteiger partial charge in [-0.05, 0) is 32.1 Å². The summed E-state index contributed by atoms with van der Waals surface area (Å²) in [6.07, 6.45) is 2.51. The van der Waals surface area contributed by atoms with Crippen LogP contribution in [0.25, 0.3) is 0 Å². The topological polar surface area (TPSA) is 29.3 Å². The molecule has 1 heterocycles. The quantitative estimate of drug-likeness (QED) is 0.541. The van der Waals surface area contributed by atoms with E-state index in [9.17, 15) is 0 Å². The van der Waals surface area contributed by atoms with Crippen molar-refractivity contribution in [3.63, 3.8) is 0 Å². The number of nitrogens with zero attached hydrogens (tertiary/aromatic N) is 1. The lowest BCUT2D eigenvalue weighted by Gasteiger charge is -2.51. The van der Waals surface area contributed by atoms with Crippen LogP contribution in [0.5, 0.6) is 0 Å². The van der Waals surface area contributed by atoms with Gasteiger partial charge in [-0.3, -0.25) is 5.84 Å². The van der Waals surface area contributed by atoms with Gasteiger partial charge < -0.3 is 0 Å². The number of nitrogens with two attached hydrogens (primary N) is 1. The van der Waals surface area contributed by atoms with Crippen LogP contribution in [0.1, 0.15) is 40.5 Å².